The van der Waals surface area contributed by atoms with Gasteiger partial charge in [-0.3, -0.25) is 4.79 Å². The lowest BCUT2D eigenvalue weighted by Crippen LogP contribution is -2.27. The largest absolute Gasteiger partial charge is 0.465 e. The van der Waals surface area contributed by atoms with E-state index in [-0.39, 0.29) is 11.9 Å². The minimum absolute atomic E-state index is 0.176. The van der Waals surface area contributed by atoms with Crippen LogP contribution < -0.4 is 5.32 Å². The summed E-state index contributed by atoms with van der Waals surface area (Å²) < 4.78 is 5.60. The molecule has 1 aliphatic rings. The first kappa shape index (κ1) is 15.8. The van der Waals surface area contributed by atoms with E-state index in [9.17, 15) is 4.79 Å². The summed E-state index contributed by atoms with van der Waals surface area (Å²) in [7, 11) is 0. The van der Waals surface area contributed by atoms with Crippen LogP contribution >= 0.6 is 0 Å². The fourth-order valence-electron chi connectivity index (χ4n) is 3.01. The number of carbonyl (C=O) groups excluding carboxylic acids is 1. The molecule has 4 nitrogen and oxygen atoms in total. The van der Waals surface area contributed by atoms with Gasteiger partial charge in [-0.25, -0.2) is 0 Å². The van der Waals surface area contributed by atoms with Crippen molar-refractivity contribution in [1.29, 1.82) is 0 Å². The van der Waals surface area contributed by atoms with E-state index in [1.54, 1.807) is 0 Å². The summed E-state index contributed by atoms with van der Waals surface area (Å²) in [4.78, 5) is 14.3. The molecule has 0 fully saturated rings. The molecule has 4 heteroatoms. The Morgan fingerprint density at radius 3 is 2.52 bits per heavy atom. The molecule has 1 aromatic heterocycles. The number of nitrogens with one attached hydrogen (secondary N) is 1. The van der Waals surface area contributed by atoms with Gasteiger partial charge in [0.15, 0.2) is 0 Å². The first-order chi connectivity index (χ1) is 11.1. The molecule has 1 amide bonds. The smallest absolute Gasteiger partial charge is 0.223 e. The number of carbonyl (C=O) groups is 1. The van der Waals surface area contributed by atoms with Crippen molar-refractivity contribution in [3.63, 3.8) is 0 Å². The lowest BCUT2D eigenvalue weighted by atomic mass is 10.1. The van der Waals surface area contributed by atoms with Crippen molar-refractivity contribution in [2.45, 2.75) is 45.8 Å². The molecule has 2 heterocycles. The number of aryl methyl sites for hydroxylation is 1. The number of hydrogen-bond acceptors (Lipinski definition) is 3. The molecular weight excluding hydrogens is 288 g/mol. The van der Waals surface area contributed by atoms with Crippen LogP contribution in [0.1, 0.15) is 48.5 Å². The fourth-order valence-corrected chi connectivity index (χ4v) is 3.01. The molecule has 23 heavy (non-hydrogen) atoms. The summed E-state index contributed by atoms with van der Waals surface area (Å²) in [6.45, 7) is 6.35. The molecule has 1 atom stereocenters. The molecular formula is C19H24N2O2. The van der Waals surface area contributed by atoms with E-state index in [0.29, 0.717) is 6.42 Å². The highest BCUT2D eigenvalue weighted by Gasteiger charge is 2.22. The highest BCUT2D eigenvalue weighted by molar-refractivity contribution is 5.76. The van der Waals surface area contributed by atoms with Crippen molar-refractivity contribution in [3.05, 3.63) is 59.0 Å². The standard InChI is InChI=1S/C19H24N2O2/c1-14-9-10-18(23-14)15(2)20-11-5-8-19(22)21-12-16-6-3-4-7-17(16)13-21/h3-4,6-7,9-10,15,20H,5,8,11-13H2,1-2H3/t15-/m0/s1. The number of benzene rings is 1. The third-order valence-corrected chi connectivity index (χ3v) is 4.40. The van der Waals surface area contributed by atoms with E-state index in [2.05, 4.69) is 24.4 Å². The predicted molar refractivity (Wildman–Crippen MR) is 89.8 cm³/mol. The van der Waals surface area contributed by atoms with Crippen molar-refractivity contribution < 1.29 is 9.21 Å². The predicted octanol–water partition coefficient (Wildman–Crippen LogP) is 3.56. The summed E-state index contributed by atoms with van der Waals surface area (Å²) >= 11 is 0. The van der Waals surface area contributed by atoms with Gasteiger partial charge in [-0.2, -0.15) is 0 Å². The molecule has 3 rings (SSSR count). The van der Waals surface area contributed by atoms with Gasteiger partial charge in [0.25, 0.3) is 0 Å². The number of furan rings is 1. The van der Waals surface area contributed by atoms with Crippen LogP contribution in [0.5, 0.6) is 0 Å². The van der Waals surface area contributed by atoms with Crippen LogP contribution in [0.15, 0.2) is 40.8 Å². The molecule has 0 aliphatic carbocycles. The second-order valence-electron chi connectivity index (χ2n) is 6.25. The van der Waals surface area contributed by atoms with E-state index < -0.39 is 0 Å². The van der Waals surface area contributed by atoms with Gasteiger partial charge in [-0.1, -0.05) is 24.3 Å². The monoisotopic (exact) mass is 312 g/mol. The normalized spacial score (nSPS) is 14.8. The Balaban J connectivity index is 1.39. The molecule has 0 bridgehead atoms. The Hall–Kier alpha value is -2.07. The van der Waals surface area contributed by atoms with Gasteiger partial charge in [0.1, 0.15) is 11.5 Å². The van der Waals surface area contributed by atoms with Crippen LogP contribution in [0.4, 0.5) is 0 Å². The average molecular weight is 312 g/mol. The van der Waals surface area contributed by atoms with Gasteiger partial charge in [0.2, 0.25) is 5.91 Å². The zero-order valence-corrected chi connectivity index (χ0v) is 13.8. The summed E-state index contributed by atoms with van der Waals surface area (Å²) in [6, 6.07) is 12.4. The molecule has 0 radical (unpaired) electrons. The number of nitrogens with zero attached hydrogens (tertiary/aromatic N) is 1. The van der Waals surface area contributed by atoms with Crippen LogP contribution in [-0.4, -0.2) is 17.4 Å². The van der Waals surface area contributed by atoms with Gasteiger partial charge in [-0.05, 0) is 50.1 Å². The number of rotatable bonds is 6. The topological polar surface area (TPSA) is 45.5 Å². The SMILES string of the molecule is Cc1ccc([C@H](C)NCCCC(=O)N2Cc3ccccc3C2)o1. The van der Waals surface area contributed by atoms with E-state index >= 15 is 0 Å². The quantitative estimate of drug-likeness (QED) is 0.830. The Morgan fingerprint density at radius 1 is 1.22 bits per heavy atom. The first-order valence-electron chi connectivity index (χ1n) is 8.28. The maximum atomic E-state index is 12.3. The molecule has 2 aromatic rings. The van der Waals surface area contributed by atoms with Crippen LogP contribution in [0.3, 0.4) is 0 Å². The van der Waals surface area contributed by atoms with E-state index in [0.717, 1.165) is 37.6 Å². The Bertz CT molecular complexity index is 653. The molecule has 0 spiro atoms. The molecule has 0 saturated carbocycles. The Kier molecular flexibility index (Phi) is 4.82. The Labute approximate surface area is 137 Å². The molecule has 122 valence electrons. The lowest BCUT2D eigenvalue weighted by Gasteiger charge is -2.16. The van der Waals surface area contributed by atoms with Gasteiger partial charge in [0, 0.05) is 19.5 Å². The third-order valence-electron chi connectivity index (χ3n) is 4.40. The number of fused-ring (bicyclic) bond motifs is 1. The number of hydrogen-bond donors (Lipinski definition) is 1. The van der Waals surface area contributed by atoms with Crippen molar-refractivity contribution in [3.8, 4) is 0 Å². The second kappa shape index (κ2) is 7.01. The van der Waals surface area contributed by atoms with Crippen molar-refractivity contribution in [2.24, 2.45) is 0 Å². The lowest BCUT2D eigenvalue weighted by molar-refractivity contribution is -0.131. The van der Waals surface area contributed by atoms with Gasteiger partial charge in [-0.15, -0.1) is 0 Å². The molecule has 0 unspecified atom stereocenters. The van der Waals surface area contributed by atoms with Crippen molar-refractivity contribution >= 4 is 5.91 Å². The van der Waals surface area contributed by atoms with Crippen LogP contribution in [0, 0.1) is 6.92 Å². The van der Waals surface area contributed by atoms with E-state index in [1.807, 2.05) is 36.1 Å². The fraction of sp³-hybridized carbons (Fsp3) is 0.421. The minimum Gasteiger partial charge on any atom is -0.465 e. The highest BCUT2D eigenvalue weighted by Crippen LogP contribution is 2.23. The highest BCUT2D eigenvalue weighted by atomic mass is 16.3. The van der Waals surface area contributed by atoms with Crippen LogP contribution in [-0.2, 0) is 17.9 Å². The Morgan fingerprint density at radius 2 is 1.91 bits per heavy atom. The summed E-state index contributed by atoms with van der Waals surface area (Å²) in [5.41, 5.74) is 2.56. The minimum atomic E-state index is 0.176. The summed E-state index contributed by atoms with van der Waals surface area (Å²) in [6.07, 6.45) is 1.43. The first-order valence-corrected chi connectivity index (χ1v) is 8.28. The zero-order chi connectivity index (χ0) is 16.2. The second-order valence-corrected chi connectivity index (χ2v) is 6.25. The third kappa shape index (κ3) is 3.82. The molecule has 1 N–H and O–H groups in total. The molecule has 0 saturated heterocycles. The number of amides is 1. The summed E-state index contributed by atoms with van der Waals surface area (Å²) in [5, 5.41) is 3.41. The van der Waals surface area contributed by atoms with E-state index in [1.165, 1.54) is 11.1 Å². The van der Waals surface area contributed by atoms with Gasteiger partial charge < -0.3 is 14.6 Å². The van der Waals surface area contributed by atoms with Crippen molar-refractivity contribution in [1.82, 2.24) is 10.2 Å². The van der Waals surface area contributed by atoms with Crippen LogP contribution in [0.2, 0.25) is 0 Å². The van der Waals surface area contributed by atoms with E-state index in [4.69, 9.17) is 4.42 Å². The zero-order valence-electron chi connectivity index (χ0n) is 13.8. The van der Waals surface area contributed by atoms with Gasteiger partial charge >= 0.3 is 0 Å². The maximum absolute atomic E-state index is 12.3. The molecule has 1 aromatic carbocycles. The average Bonchev–Trinajstić information content (AvgIpc) is 3.17. The maximum Gasteiger partial charge on any atom is 0.223 e. The van der Waals surface area contributed by atoms with Crippen molar-refractivity contribution in [2.75, 3.05) is 6.54 Å². The van der Waals surface area contributed by atoms with Gasteiger partial charge in [0.05, 0.1) is 6.04 Å². The molecule has 1 aliphatic heterocycles. The summed E-state index contributed by atoms with van der Waals surface area (Å²) in [5.74, 6) is 2.12. The van der Waals surface area contributed by atoms with Crippen LogP contribution in [0.25, 0.3) is 0 Å².